The molecule has 1 aromatic carbocycles. The van der Waals surface area contributed by atoms with Crippen molar-refractivity contribution in [2.24, 2.45) is 5.41 Å². The van der Waals surface area contributed by atoms with Crippen molar-refractivity contribution in [1.29, 1.82) is 0 Å². The number of nitrogens with one attached hydrogen (secondary N) is 2. The first-order valence-corrected chi connectivity index (χ1v) is 16.0. The maximum absolute atomic E-state index is 12.9. The van der Waals surface area contributed by atoms with Crippen molar-refractivity contribution in [2.45, 2.75) is 72.4 Å². The van der Waals surface area contributed by atoms with E-state index in [1.807, 2.05) is 37.3 Å². The minimum absolute atomic E-state index is 0.0268. The molecule has 3 aromatic heterocycles. The number of aryl methyl sites for hydroxylation is 2. The zero-order valence-corrected chi connectivity index (χ0v) is 28.1. The molecule has 1 amide bonds. The normalized spacial score (nSPS) is 15.1. The van der Waals surface area contributed by atoms with Crippen LogP contribution in [0.2, 0.25) is 0 Å². The number of benzene rings is 1. The highest BCUT2D eigenvalue weighted by Crippen LogP contribution is 2.34. The van der Waals surface area contributed by atoms with Crippen LogP contribution in [0.25, 0.3) is 5.82 Å². The molecule has 1 saturated heterocycles. The smallest absolute Gasteiger partial charge is 0.408 e. The second-order valence-electron chi connectivity index (χ2n) is 13.3. The van der Waals surface area contributed by atoms with Crippen molar-refractivity contribution < 1.29 is 19.4 Å². The fourth-order valence-electron chi connectivity index (χ4n) is 6.24. The third-order valence-electron chi connectivity index (χ3n) is 9.22. The van der Waals surface area contributed by atoms with Gasteiger partial charge in [0, 0.05) is 41.7 Å². The molecule has 1 fully saturated rings. The summed E-state index contributed by atoms with van der Waals surface area (Å²) in [4.78, 5) is 42.0. The van der Waals surface area contributed by atoms with Crippen molar-refractivity contribution in [1.82, 2.24) is 24.8 Å². The highest BCUT2D eigenvalue weighted by molar-refractivity contribution is 5.86. The van der Waals surface area contributed by atoms with Crippen LogP contribution in [-0.4, -0.2) is 61.9 Å². The number of carbonyl (C=O) groups excluding carboxylic acids is 1. The van der Waals surface area contributed by atoms with Gasteiger partial charge in [-0.2, -0.15) is 0 Å². The van der Waals surface area contributed by atoms with Gasteiger partial charge in [0.1, 0.15) is 30.4 Å². The summed E-state index contributed by atoms with van der Waals surface area (Å²) in [5, 5.41) is 16.3. The number of carbonyl (C=O) groups is 2. The van der Waals surface area contributed by atoms with E-state index in [1.165, 1.54) is 6.33 Å². The van der Waals surface area contributed by atoms with Gasteiger partial charge in [-0.05, 0) is 68.9 Å². The summed E-state index contributed by atoms with van der Waals surface area (Å²) in [6, 6.07) is 19.7. The number of carboxylic acid groups (broad SMARTS) is 1. The molecule has 0 bridgehead atoms. The Kier molecular flexibility index (Phi) is 9.83. The van der Waals surface area contributed by atoms with E-state index in [1.54, 1.807) is 20.8 Å². The van der Waals surface area contributed by atoms with Gasteiger partial charge in [-0.25, -0.2) is 24.5 Å². The summed E-state index contributed by atoms with van der Waals surface area (Å²) in [6.45, 7) is 12.9. The standard InChI is InChI=1S/C36H45N7O4/c1-24-15-16-25(2)43(24)30-14-10-13-29(40-30)28-17-19-42(20-18-28)32-26(3)31(38-23-39-32)37-22-36(33(44)45,35(4,5)6)41-34(46)47-21-27-11-8-7-9-12-27/h7-16,23,28H,17-22H2,1-6H3,(H,41,46)(H,44,45)(H,37,38,39). The van der Waals surface area contributed by atoms with Gasteiger partial charge in [-0.3, -0.25) is 0 Å². The highest BCUT2D eigenvalue weighted by Gasteiger charge is 2.51. The van der Waals surface area contributed by atoms with Gasteiger partial charge >= 0.3 is 12.1 Å². The van der Waals surface area contributed by atoms with Crippen LogP contribution < -0.4 is 15.5 Å². The molecule has 0 saturated carbocycles. The number of aromatic nitrogens is 4. The Hall–Kier alpha value is -4.93. The number of pyridine rings is 1. The molecule has 1 aliphatic rings. The topological polar surface area (TPSA) is 134 Å². The first kappa shape index (κ1) is 33.4. The lowest BCUT2D eigenvalue weighted by molar-refractivity contribution is -0.148. The minimum Gasteiger partial charge on any atom is -0.479 e. The number of hydrogen-bond acceptors (Lipinski definition) is 8. The fourth-order valence-corrected chi connectivity index (χ4v) is 6.24. The van der Waals surface area contributed by atoms with Crippen LogP contribution in [0.3, 0.4) is 0 Å². The third kappa shape index (κ3) is 7.24. The lowest BCUT2D eigenvalue weighted by Gasteiger charge is -2.41. The van der Waals surface area contributed by atoms with E-state index in [4.69, 9.17) is 9.72 Å². The quantitative estimate of drug-likeness (QED) is 0.186. The Bertz CT molecular complexity index is 1690. The number of amides is 1. The summed E-state index contributed by atoms with van der Waals surface area (Å²) < 4.78 is 7.58. The Balaban J connectivity index is 1.26. The number of rotatable bonds is 10. The van der Waals surface area contributed by atoms with Crippen LogP contribution in [0, 0.1) is 26.2 Å². The summed E-state index contributed by atoms with van der Waals surface area (Å²) >= 11 is 0. The molecule has 11 nitrogen and oxygen atoms in total. The summed E-state index contributed by atoms with van der Waals surface area (Å²) in [5.41, 5.74) is 2.45. The van der Waals surface area contributed by atoms with Gasteiger partial charge in [0.15, 0.2) is 5.54 Å². The highest BCUT2D eigenvalue weighted by atomic mass is 16.5. The maximum Gasteiger partial charge on any atom is 0.408 e. The average molecular weight is 640 g/mol. The molecule has 4 heterocycles. The molecule has 5 rings (SSSR count). The molecular formula is C36H45N7O4. The average Bonchev–Trinajstić information content (AvgIpc) is 3.39. The van der Waals surface area contributed by atoms with Crippen molar-refractivity contribution in [2.75, 3.05) is 29.9 Å². The number of anilines is 2. The predicted molar refractivity (Wildman–Crippen MR) is 182 cm³/mol. The summed E-state index contributed by atoms with van der Waals surface area (Å²) in [5.74, 6) is 1.41. The van der Waals surface area contributed by atoms with E-state index in [0.29, 0.717) is 11.7 Å². The predicted octanol–water partition coefficient (Wildman–Crippen LogP) is 6.18. The molecule has 0 aliphatic carbocycles. The second kappa shape index (κ2) is 13.8. The minimum atomic E-state index is -1.70. The van der Waals surface area contributed by atoms with E-state index in [2.05, 4.69) is 74.2 Å². The van der Waals surface area contributed by atoms with Gasteiger partial charge < -0.3 is 29.9 Å². The van der Waals surface area contributed by atoms with Crippen LogP contribution in [0.5, 0.6) is 0 Å². The third-order valence-corrected chi connectivity index (χ3v) is 9.22. The van der Waals surface area contributed by atoms with E-state index >= 15 is 0 Å². The Labute approximate surface area is 276 Å². The molecule has 1 atom stereocenters. The van der Waals surface area contributed by atoms with Gasteiger partial charge in [-0.1, -0.05) is 57.2 Å². The largest absolute Gasteiger partial charge is 0.479 e. The van der Waals surface area contributed by atoms with Crippen LogP contribution in [0.15, 0.2) is 67.0 Å². The number of aliphatic carboxylic acids is 1. The lowest BCUT2D eigenvalue weighted by atomic mass is 9.73. The first-order valence-electron chi connectivity index (χ1n) is 16.0. The van der Waals surface area contributed by atoms with Crippen molar-refractivity contribution in [3.05, 3.63) is 95.2 Å². The van der Waals surface area contributed by atoms with Gasteiger partial charge in [0.2, 0.25) is 0 Å². The summed E-state index contributed by atoms with van der Waals surface area (Å²) in [6.07, 6.45) is 2.53. The van der Waals surface area contributed by atoms with Crippen molar-refractivity contribution in [3.63, 3.8) is 0 Å². The maximum atomic E-state index is 12.9. The van der Waals surface area contributed by atoms with Gasteiger partial charge in [0.25, 0.3) is 0 Å². The van der Waals surface area contributed by atoms with Crippen molar-refractivity contribution >= 4 is 23.7 Å². The molecule has 1 aliphatic heterocycles. The van der Waals surface area contributed by atoms with Crippen LogP contribution in [0.1, 0.15) is 67.7 Å². The van der Waals surface area contributed by atoms with Crippen LogP contribution in [-0.2, 0) is 16.1 Å². The number of alkyl carbamates (subject to hydrolysis) is 1. The van der Waals surface area contributed by atoms with E-state index in [0.717, 1.165) is 65.8 Å². The van der Waals surface area contributed by atoms with E-state index in [-0.39, 0.29) is 13.2 Å². The summed E-state index contributed by atoms with van der Waals surface area (Å²) in [7, 11) is 0. The molecule has 11 heteroatoms. The molecule has 3 N–H and O–H groups in total. The Morgan fingerprint density at radius 2 is 1.62 bits per heavy atom. The van der Waals surface area contributed by atoms with Crippen LogP contribution >= 0.6 is 0 Å². The zero-order valence-electron chi connectivity index (χ0n) is 28.1. The number of ether oxygens (including phenoxy) is 1. The lowest BCUT2D eigenvalue weighted by Crippen LogP contribution is -2.66. The van der Waals surface area contributed by atoms with Crippen LogP contribution in [0.4, 0.5) is 16.4 Å². The van der Waals surface area contributed by atoms with Gasteiger partial charge in [0.05, 0.1) is 6.54 Å². The number of nitrogens with zero attached hydrogens (tertiary/aromatic N) is 5. The van der Waals surface area contributed by atoms with E-state index in [9.17, 15) is 14.7 Å². The molecule has 0 radical (unpaired) electrons. The molecule has 1 unspecified atom stereocenters. The first-order chi connectivity index (χ1) is 22.4. The molecule has 4 aromatic rings. The second-order valence-corrected chi connectivity index (χ2v) is 13.3. The van der Waals surface area contributed by atoms with Crippen molar-refractivity contribution in [3.8, 4) is 5.82 Å². The van der Waals surface area contributed by atoms with Gasteiger partial charge in [-0.15, -0.1) is 0 Å². The molecule has 47 heavy (non-hydrogen) atoms. The Morgan fingerprint density at radius 1 is 0.936 bits per heavy atom. The molecule has 248 valence electrons. The number of hydrogen-bond donors (Lipinski definition) is 3. The monoisotopic (exact) mass is 639 g/mol. The number of carboxylic acids is 1. The molecular weight excluding hydrogens is 594 g/mol. The zero-order chi connectivity index (χ0) is 33.8. The molecule has 0 spiro atoms. The fraction of sp³-hybridized carbons (Fsp3) is 0.417. The Morgan fingerprint density at radius 3 is 2.26 bits per heavy atom. The van der Waals surface area contributed by atoms with E-state index < -0.39 is 23.0 Å². The SMILES string of the molecule is Cc1c(NCC(NC(=O)OCc2ccccc2)(C(=O)O)C(C)(C)C)ncnc1N1CCC(c2cccc(-n3c(C)ccc3C)n2)CC1. The number of piperidine rings is 1.